The van der Waals surface area contributed by atoms with E-state index in [1.807, 2.05) is 43.3 Å². The van der Waals surface area contributed by atoms with Gasteiger partial charge in [0.2, 0.25) is 11.8 Å². The van der Waals surface area contributed by atoms with Gasteiger partial charge in [-0.3, -0.25) is 9.59 Å². The quantitative estimate of drug-likeness (QED) is 0.864. The number of carbonyl (C=O) groups is 2. The third-order valence-electron chi connectivity index (χ3n) is 2.82. The lowest BCUT2D eigenvalue weighted by Crippen LogP contribution is -2.49. The van der Waals surface area contributed by atoms with Gasteiger partial charge in [-0.1, -0.05) is 0 Å². The number of benzene rings is 1. The molecular formula is C13H17N3O2S. The lowest BCUT2D eigenvalue weighted by molar-refractivity contribution is -0.124. The second-order valence-electron chi connectivity index (χ2n) is 4.57. The summed E-state index contributed by atoms with van der Waals surface area (Å²) in [5.74, 6) is 0.798. The summed E-state index contributed by atoms with van der Waals surface area (Å²) < 4.78 is 0. The first-order valence-electron chi connectivity index (χ1n) is 6.01. The summed E-state index contributed by atoms with van der Waals surface area (Å²) in [7, 11) is 3.92. The fourth-order valence-electron chi connectivity index (χ4n) is 1.76. The van der Waals surface area contributed by atoms with E-state index in [9.17, 15) is 9.59 Å². The number of carbonyl (C=O) groups excluding carboxylic acids is 2. The molecular weight excluding hydrogens is 262 g/mol. The highest BCUT2D eigenvalue weighted by Crippen LogP contribution is 2.16. The van der Waals surface area contributed by atoms with Gasteiger partial charge in [-0.2, -0.15) is 0 Å². The van der Waals surface area contributed by atoms with E-state index < -0.39 is 6.04 Å². The first kappa shape index (κ1) is 13.7. The van der Waals surface area contributed by atoms with E-state index in [4.69, 9.17) is 0 Å². The molecule has 1 fully saturated rings. The van der Waals surface area contributed by atoms with Gasteiger partial charge < -0.3 is 15.5 Å². The lowest BCUT2D eigenvalue weighted by atomic mass is 10.2. The van der Waals surface area contributed by atoms with Gasteiger partial charge in [0.15, 0.2) is 0 Å². The number of hydrogen-bond acceptors (Lipinski definition) is 4. The highest BCUT2D eigenvalue weighted by molar-refractivity contribution is 8.00. The molecule has 1 aliphatic heterocycles. The van der Waals surface area contributed by atoms with Crippen LogP contribution in [0.5, 0.6) is 0 Å². The van der Waals surface area contributed by atoms with E-state index in [-0.39, 0.29) is 11.8 Å². The van der Waals surface area contributed by atoms with E-state index in [1.165, 1.54) is 11.8 Å². The zero-order valence-corrected chi connectivity index (χ0v) is 11.8. The molecule has 2 N–H and O–H groups in total. The van der Waals surface area contributed by atoms with Gasteiger partial charge in [0.05, 0.1) is 5.75 Å². The topological polar surface area (TPSA) is 61.4 Å². The minimum absolute atomic E-state index is 0.0839. The van der Waals surface area contributed by atoms with Gasteiger partial charge in [-0.15, -0.1) is 11.8 Å². The molecule has 0 spiro atoms. The van der Waals surface area contributed by atoms with Crippen molar-refractivity contribution in [1.29, 1.82) is 0 Å². The number of nitrogens with zero attached hydrogens (tertiary/aromatic N) is 1. The second kappa shape index (κ2) is 5.97. The number of amides is 2. The van der Waals surface area contributed by atoms with Crippen LogP contribution in [0.15, 0.2) is 24.3 Å². The molecule has 6 heteroatoms. The summed E-state index contributed by atoms with van der Waals surface area (Å²) in [6, 6.07) is 7.13. The Balaban J connectivity index is 1.96. The molecule has 0 aliphatic carbocycles. The van der Waals surface area contributed by atoms with E-state index in [2.05, 4.69) is 10.6 Å². The molecule has 19 heavy (non-hydrogen) atoms. The number of hydrogen-bond donors (Lipinski definition) is 2. The largest absolute Gasteiger partial charge is 0.378 e. The number of thioether (sulfide) groups is 1. The normalized spacial score (nSPS) is 18.6. The van der Waals surface area contributed by atoms with E-state index in [1.54, 1.807) is 0 Å². The van der Waals surface area contributed by atoms with Gasteiger partial charge >= 0.3 is 0 Å². The minimum atomic E-state index is -0.445. The van der Waals surface area contributed by atoms with Crippen LogP contribution in [0.3, 0.4) is 0 Å². The Hall–Kier alpha value is -1.69. The van der Waals surface area contributed by atoms with Crippen LogP contribution in [0.4, 0.5) is 11.4 Å². The Kier molecular flexibility index (Phi) is 4.31. The van der Waals surface area contributed by atoms with Gasteiger partial charge in [0, 0.05) is 31.2 Å². The zero-order valence-electron chi connectivity index (χ0n) is 11.0. The molecule has 0 radical (unpaired) electrons. The molecule has 1 aliphatic rings. The molecule has 2 rings (SSSR count). The molecule has 2 amide bonds. The van der Waals surface area contributed by atoms with Crippen molar-refractivity contribution in [3.63, 3.8) is 0 Å². The lowest BCUT2D eigenvalue weighted by Gasteiger charge is -2.22. The van der Waals surface area contributed by atoms with Gasteiger partial charge in [0.1, 0.15) is 6.04 Å². The molecule has 102 valence electrons. The molecule has 0 aromatic heterocycles. The van der Waals surface area contributed by atoms with Gasteiger partial charge in [0.25, 0.3) is 0 Å². The first-order valence-corrected chi connectivity index (χ1v) is 7.17. The maximum atomic E-state index is 12.0. The van der Waals surface area contributed by atoms with Crippen LogP contribution in [0.25, 0.3) is 0 Å². The predicted octanol–water partition coefficient (Wildman–Crippen LogP) is 0.923. The molecule has 1 heterocycles. The van der Waals surface area contributed by atoms with Crippen molar-refractivity contribution in [1.82, 2.24) is 5.32 Å². The van der Waals surface area contributed by atoms with Crippen molar-refractivity contribution in [3.05, 3.63) is 24.3 Å². The Morgan fingerprint density at radius 3 is 2.63 bits per heavy atom. The molecule has 5 nitrogen and oxygen atoms in total. The van der Waals surface area contributed by atoms with Crippen LogP contribution >= 0.6 is 11.8 Å². The van der Waals surface area contributed by atoms with Crippen LogP contribution < -0.4 is 15.5 Å². The second-order valence-corrected chi connectivity index (χ2v) is 5.60. The molecule has 0 saturated carbocycles. The molecule has 1 unspecified atom stereocenters. The average molecular weight is 279 g/mol. The third kappa shape index (κ3) is 3.64. The fraction of sp³-hybridized carbons (Fsp3) is 0.385. The Bertz CT molecular complexity index is 473. The summed E-state index contributed by atoms with van der Waals surface area (Å²) in [6.07, 6.45) is 0. The van der Waals surface area contributed by atoms with Crippen LogP contribution in [0, 0.1) is 0 Å². The number of anilines is 2. The monoisotopic (exact) mass is 279 g/mol. The Morgan fingerprint density at radius 2 is 2.05 bits per heavy atom. The molecule has 0 bridgehead atoms. The highest BCUT2D eigenvalue weighted by atomic mass is 32.2. The fourth-order valence-corrected chi connectivity index (χ4v) is 2.62. The van der Waals surface area contributed by atoms with Crippen molar-refractivity contribution in [3.8, 4) is 0 Å². The molecule has 1 aromatic carbocycles. The maximum absolute atomic E-state index is 12.0. The summed E-state index contributed by atoms with van der Waals surface area (Å²) in [4.78, 5) is 25.2. The van der Waals surface area contributed by atoms with Crippen LogP contribution in [0.1, 0.15) is 0 Å². The highest BCUT2D eigenvalue weighted by Gasteiger charge is 2.24. The molecule has 1 atom stereocenters. The van der Waals surface area contributed by atoms with Crippen molar-refractivity contribution in [2.75, 3.05) is 35.8 Å². The van der Waals surface area contributed by atoms with Crippen LogP contribution in [0.2, 0.25) is 0 Å². The Labute approximate surface area is 116 Å². The number of rotatable bonds is 3. The first-order chi connectivity index (χ1) is 9.06. The van der Waals surface area contributed by atoms with Crippen molar-refractivity contribution >= 4 is 35.0 Å². The third-order valence-corrected chi connectivity index (χ3v) is 3.86. The van der Waals surface area contributed by atoms with E-state index in [0.29, 0.717) is 11.5 Å². The number of nitrogens with one attached hydrogen (secondary N) is 2. The zero-order chi connectivity index (χ0) is 13.8. The van der Waals surface area contributed by atoms with Crippen molar-refractivity contribution in [2.24, 2.45) is 0 Å². The summed E-state index contributed by atoms with van der Waals surface area (Å²) in [5, 5.41) is 5.50. The smallest absolute Gasteiger partial charge is 0.247 e. The Morgan fingerprint density at radius 1 is 1.37 bits per heavy atom. The van der Waals surface area contributed by atoms with Crippen molar-refractivity contribution in [2.45, 2.75) is 6.04 Å². The summed E-state index contributed by atoms with van der Waals surface area (Å²) >= 11 is 1.48. The average Bonchev–Trinajstić information content (AvgIpc) is 2.39. The van der Waals surface area contributed by atoms with Crippen LogP contribution in [-0.2, 0) is 9.59 Å². The molecule has 1 saturated heterocycles. The molecule has 1 aromatic rings. The minimum Gasteiger partial charge on any atom is -0.378 e. The summed E-state index contributed by atoms with van der Waals surface area (Å²) in [6.45, 7) is 0. The maximum Gasteiger partial charge on any atom is 0.247 e. The van der Waals surface area contributed by atoms with E-state index >= 15 is 0 Å². The van der Waals surface area contributed by atoms with Gasteiger partial charge in [-0.25, -0.2) is 0 Å². The standard InChI is InChI=1S/C13H17N3O2S/c1-16(2)10-5-3-9(4-6-10)14-13(18)11-7-19-8-12(17)15-11/h3-6,11H,7-8H2,1-2H3,(H,14,18)(H,15,17). The van der Waals surface area contributed by atoms with Crippen molar-refractivity contribution < 1.29 is 9.59 Å². The SMILES string of the molecule is CN(C)c1ccc(NC(=O)C2CSCC(=O)N2)cc1. The van der Waals surface area contributed by atoms with E-state index in [0.717, 1.165) is 11.4 Å². The predicted molar refractivity (Wildman–Crippen MR) is 78.7 cm³/mol. The summed E-state index contributed by atoms with van der Waals surface area (Å²) in [5.41, 5.74) is 1.81. The van der Waals surface area contributed by atoms with Crippen LogP contribution in [-0.4, -0.2) is 43.5 Å². The van der Waals surface area contributed by atoms with Gasteiger partial charge in [-0.05, 0) is 24.3 Å².